The van der Waals surface area contributed by atoms with Crippen LogP contribution in [-0.2, 0) is 11.3 Å². The molecule has 8 nitrogen and oxygen atoms in total. The first-order chi connectivity index (χ1) is 17.4. The Balaban J connectivity index is 1.01. The monoisotopic (exact) mass is 490 g/mol. The fourth-order valence-electron chi connectivity index (χ4n) is 6.03. The standard InChI is InChI=1S/C27H31FN6O2/c1-18-14-34(19(2)13-33(18)25-12-30-24-9-21(28)3-4-23(24)31-25)26(35)36-22-10-27(11-22)16-32(17-27)15-20-5-7-29-8-6-20/h3-9,12,18-19,22H,10-11,13-17H2,1-2H3/t18-,19+/m0/s1. The molecule has 0 bridgehead atoms. The summed E-state index contributed by atoms with van der Waals surface area (Å²) < 4.78 is 19.4. The summed E-state index contributed by atoms with van der Waals surface area (Å²) in [5.74, 6) is 0.416. The van der Waals surface area contributed by atoms with E-state index in [1.165, 1.54) is 17.7 Å². The second-order valence-corrected chi connectivity index (χ2v) is 10.8. The third-order valence-corrected chi connectivity index (χ3v) is 7.87. The summed E-state index contributed by atoms with van der Waals surface area (Å²) >= 11 is 0. The van der Waals surface area contributed by atoms with Gasteiger partial charge in [-0.15, -0.1) is 0 Å². The fourth-order valence-corrected chi connectivity index (χ4v) is 6.03. The molecular formula is C27H31FN6O2. The summed E-state index contributed by atoms with van der Waals surface area (Å²) in [5.41, 5.74) is 2.79. The van der Waals surface area contributed by atoms with Crippen LogP contribution in [0, 0.1) is 11.2 Å². The van der Waals surface area contributed by atoms with E-state index in [1.54, 1.807) is 12.3 Å². The minimum atomic E-state index is -0.323. The Morgan fingerprint density at radius 1 is 1.08 bits per heavy atom. The molecule has 6 rings (SSSR count). The SMILES string of the molecule is C[C@@H]1CN(c2cnc3cc(F)ccc3n2)[C@@H](C)CN1C(=O)OC1CC2(C1)CN(Cc1ccncc1)C2. The number of carbonyl (C=O) groups is 1. The van der Waals surface area contributed by atoms with Crippen molar-refractivity contribution < 1.29 is 13.9 Å². The maximum atomic E-state index is 13.5. The number of fused-ring (bicyclic) bond motifs is 1. The van der Waals surface area contributed by atoms with Crippen LogP contribution in [0.15, 0.2) is 48.9 Å². The van der Waals surface area contributed by atoms with E-state index in [0.29, 0.717) is 29.5 Å². The van der Waals surface area contributed by atoms with Gasteiger partial charge in [0.2, 0.25) is 0 Å². The molecule has 2 saturated heterocycles. The summed E-state index contributed by atoms with van der Waals surface area (Å²) in [6.45, 7) is 8.38. The fraction of sp³-hybridized carbons (Fsp3) is 0.481. The number of amides is 1. The molecule has 2 atom stereocenters. The average Bonchev–Trinajstić information content (AvgIpc) is 2.82. The van der Waals surface area contributed by atoms with Crippen LogP contribution in [0.4, 0.5) is 15.0 Å². The molecule has 0 N–H and O–H groups in total. The number of benzene rings is 1. The van der Waals surface area contributed by atoms with Crippen molar-refractivity contribution in [2.45, 2.75) is 51.4 Å². The number of ether oxygens (including phenoxy) is 1. The third kappa shape index (κ3) is 4.36. The zero-order valence-corrected chi connectivity index (χ0v) is 20.7. The van der Waals surface area contributed by atoms with Crippen LogP contribution in [0.5, 0.6) is 0 Å². The van der Waals surface area contributed by atoms with Crippen LogP contribution < -0.4 is 4.90 Å². The Hall–Kier alpha value is -3.33. The maximum Gasteiger partial charge on any atom is 0.410 e. The van der Waals surface area contributed by atoms with Crippen LogP contribution in [0.3, 0.4) is 0 Å². The number of piperazine rings is 1. The first-order valence-electron chi connectivity index (χ1n) is 12.6. The Bertz CT molecular complexity index is 1260. The molecule has 1 amide bonds. The zero-order chi connectivity index (χ0) is 24.9. The molecule has 2 aliphatic heterocycles. The molecule has 9 heteroatoms. The van der Waals surface area contributed by atoms with E-state index in [4.69, 9.17) is 4.74 Å². The van der Waals surface area contributed by atoms with Crippen molar-refractivity contribution in [1.82, 2.24) is 24.8 Å². The number of rotatable bonds is 4. The Kier molecular flexibility index (Phi) is 5.75. The van der Waals surface area contributed by atoms with Crippen LogP contribution in [0.2, 0.25) is 0 Å². The van der Waals surface area contributed by atoms with Crippen molar-refractivity contribution in [3.05, 3.63) is 60.3 Å². The molecule has 3 aromatic rings. The van der Waals surface area contributed by atoms with Gasteiger partial charge in [-0.05, 0) is 56.5 Å². The largest absolute Gasteiger partial charge is 0.446 e. The zero-order valence-electron chi connectivity index (χ0n) is 20.7. The lowest BCUT2D eigenvalue weighted by Gasteiger charge is -2.58. The molecule has 3 fully saturated rings. The molecule has 1 aromatic carbocycles. The van der Waals surface area contributed by atoms with E-state index in [2.05, 4.69) is 43.8 Å². The van der Waals surface area contributed by atoms with E-state index in [9.17, 15) is 9.18 Å². The Morgan fingerprint density at radius 2 is 1.86 bits per heavy atom. The maximum absolute atomic E-state index is 13.5. The van der Waals surface area contributed by atoms with E-state index in [-0.39, 0.29) is 30.1 Å². The second-order valence-electron chi connectivity index (χ2n) is 10.8. The van der Waals surface area contributed by atoms with Crippen molar-refractivity contribution in [3.63, 3.8) is 0 Å². The van der Waals surface area contributed by atoms with Gasteiger partial charge < -0.3 is 14.5 Å². The van der Waals surface area contributed by atoms with Crippen molar-refractivity contribution in [1.29, 1.82) is 0 Å². The molecule has 1 aliphatic carbocycles. The molecule has 0 unspecified atom stereocenters. The lowest BCUT2D eigenvalue weighted by atomic mass is 9.61. The van der Waals surface area contributed by atoms with Gasteiger partial charge in [-0.3, -0.25) is 14.9 Å². The van der Waals surface area contributed by atoms with Gasteiger partial charge in [0, 0.05) is 68.7 Å². The number of carbonyl (C=O) groups excluding carboxylic acids is 1. The van der Waals surface area contributed by atoms with Crippen LogP contribution in [-0.4, -0.2) is 75.2 Å². The summed E-state index contributed by atoms with van der Waals surface area (Å²) in [6, 6.07) is 8.59. The van der Waals surface area contributed by atoms with Crippen LogP contribution in [0.1, 0.15) is 32.3 Å². The number of nitrogens with zero attached hydrogens (tertiary/aromatic N) is 6. The highest BCUT2D eigenvalue weighted by molar-refractivity contribution is 5.75. The average molecular weight is 491 g/mol. The molecule has 188 valence electrons. The van der Waals surface area contributed by atoms with Gasteiger partial charge in [-0.2, -0.15) is 0 Å². The van der Waals surface area contributed by atoms with E-state index in [0.717, 1.165) is 38.3 Å². The van der Waals surface area contributed by atoms with Gasteiger partial charge in [0.25, 0.3) is 0 Å². The molecule has 2 aromatic heterocycles. The predicted octanol–water partition coefficient (Wildman–Crippen LogP) is 3.86. The quantitative estimate of drug-likeness (QED) is 0.550. The van der Waals surface area contributed by atoms with Crippen LogP contribution in [0.25, 0.3) is 11.0 Å². The number of halogens is 1. The van der Waals surface area contributed by atoms with Gasteiger partial charge in [0.1, 0.15) is 17.7 Å². The highest BCUT2D eigenvalue weighted by Gasteiger charge is 2.54. The van der Waals surface area contributed by atoms with Crippen molar-refractivity contribution in [2.24, 2.45) is 5.41 Å². The van der Waals surface area contributed by atoms with Gasteiger partial charge in [-0.1, -0.05) is 0 Å². The third-order valence-electron chi connectivity index (χ3n) is 7.87. The molecule has 36 heavy (non-hydrogen) atoms. The predicted molar refractivity (Wildman–Crippen MR) is 134 cm³/mol. The molecule has 0 radical (unpaired) electrons. The van der Waals surface area contributed by atoms with Crippen molar-refractivity contribution >= 4 is 22.9 Å². The number of hydrogen-bond acceptors (Lipinski definition) is 7. The minimum Gasteiger partial charge on any atom is -0.446 e. The van der Waals surface area contributed by atoms with Gasteiger partial charge in [0.05, 0.1) is 17.2 Å². The summed E-state index contributed by atoms with van der Waals surface area (Å²) in [7, 11) is 0. The molecule has 1 saturated carbocycles. The first kappa shape index (κ1) is 23.1. The van der Waals surface area contributed by atoms with E-state index < -0.39 is 0 Å². The van der Waals surface area contributed by atoms with E-state index in [1.807, 2.05) is 24.2 Å². The number of hydrogen-bond donors (Lipinski definition) is 0. The van der Waals surface area contributed by atoms with Gasteiger partial charge >= 0.3 is 6.09 Å². The molecular weight excluding hydrogens is 459 g/mol. The summed E-state index contributed by atoms with van der Waals surface area (Å²) in [4.78, 5) is 32.6. The molecule has 4 heterocycles. The molecule has 3 aliphatic rings. The second kappa shape index (κ2) is 8.96. The highest BCUT2D eigenvalue weighted by Crippen LogP contribution is 2.50. The summed E-state index contributed by atoms with van der Waals surface area (Å²) in [6.07, 6.45) is 7.04. The number of pyridine rings is 1. The highest BCUT2D eigenvalue weighted by atomic mass is 19.1. The smallest absolute Gasteiger partial charge is 0.410 e. The normalized spacial score (nSPS) is 24.0. The summed E-state index contributed by atoms with van der Waals surface area (Å²) in [5, 5.41) is 0. The number of anilines is 1. The first-order valence-corrected chi connectivity index (χ1v) is 12.6. The van der Waals surface area contributed by atoms with Crippen molar-refractivity contribution in [3.8, 4) is 0 Å². The Morgan fingerprint density at radius 3 is 2.64 bits per heavy atom. The topological polar surface area (TPSA) is 74.7 Å². The lowest BCUT2D eigenvalue weighted by Crippen LogP contribution is -2.64. The van der Waals surface area contributed by atoms with Crippen molar-refractivity contribution in [2.75, 3.05) is 31.1 Å². The lowest BCUT2D eigenvalue weighted by molar-refractivity contribution is -0.137. The minimum absolute atomic E-state index is 0.00728. The van der Waals surface area contributed by atoms with Crippen LogP contribution >= 0.6 is 0 Å². The van der Waals surface area contributed by atoms with E-state index >= 15 is 0 Å². The molecule has 1 spiro atoms. The Labute approximate surface area is 210 Å². The van der Waals surface area contributed by atoms with Gasteiger partial charge in [0.15, 0.2) is 0 Å². The number of aromatic nitrogens is 3. The van der Waals surface area contributed by atoms with Gasteiger partial charge in [-0.25, -0.2) is 14.2 Å². The number of likely N-dealkylation sites (tertiary alicyclic amines) is 1.